The van der Waals surface area contributed by atoms with E-state index in [1.54, 1.807) is 12.1 Å². The summed E-state index contributed by atoms with van der Waals surface area (Å²) in [6, 6.07) is 7.71. The second-order valence-corrected chi connectivity index (χ2v) is 5.61. The van der Waals surface area contributed by atoms with Crippen LogP contribution < -0.4 is 15.8 Å². The van der Waals surface area contributed by atoms with E-state index in [1.165, 1.54) is 12.8 Å². The van der Waals surface area contributed by atoms with E-state index in [4.69, 9.17) is 10.5 Å². The fourth-order valence-corrected chi connectivity index (χ4v) is 2.59. The van der Waals surface area contributed by atoms with Crippen molar-refractivity contribution in [2.75, 3.05) is 32.5 Å². The minimum absolute atomic E-state index is 0.0397. The average molecular weight is 291 g/mol. The van der Waals surface area contributed by atoms with E-state index >= 15 is 0 Å². The van der Waals surface area contributed by atoms with Gasteiger partial charge < -0.3 is 20.7 Å². The van der Waals surface area contributed by atoms with Crippen molar-refractivity contribution < 1.29 is 9.53 Å². The number of nitrogen functional groups attached to an aromatic ring is 1. The normalized spacial score (nSPS) is 19.2. The van der Waals surface area contributed by atoms with Crippen molar-refractivity contribution in [1.29, 1.82) is 0 Å². The fourth-order valence-electron chi connectivity index (χ4n) is 2.59. The number of carbonyl (C=O) groups excluding carboxylic acids is 1. The summed E-state index contributed by atoms with van der Waals surface area (Å²) in [6.45, 7) is 2.22. The number of benzene rings is 1. The van der Waals surface area contributed by atoms with Crippen LogP contribution in [0.25, 0.3) is 0 Å². The van der Waals surface area contributed by atoms with Gasteiger partial charge in [0.2, 0.25) is 5.91 Å². The molecular weight excluding hydrogens is 266 g/mol. The van der Waals surface area contributed by atoms with Gasteiger partial charge in [0.25, 0.3) is 0 Å². The monoisotopic (exact) mass is 291 g/mol. The molecule has 1 unspecified atom stereocenters. The molecule has 1 aliphatic rings. The van der Waals surface area contributed by atoms with Gasteiger partial charge in [-0.15, -0.1) is 0 Å². The summed E-state index contributed by atoms with van der Waals surface area (Å²) in [6.07, 6.45) is 4.04. The van der Waals surface area contributed by atoms with Crippen LogP contribution in [0.3, 0.4) is 0 Å². The zero-order valence-corrected chi connectivity index (χ0v) is 12.7. The molecule has 5 heteroatoms. The molecular formula is C16H25N3O2. The standard InChI is InChI=1S/C16H25N3O2/c1-19-9-3-2-6-14(19)12-18-16(20)8-10-21-15-7-4-5-13(17)11-15/h4-5,7,11,14H,2-3,6,8-10,12,17H2,1H3,(H,18,20). The first-order chi connectivity index (χ1) is 10.1. The highest BCUT2D eigenvalue weighted by Crippen LogP contribution is 2.15. The maximum Gasteiger partial charge on any atom is 0.223 e. The van der Waals surface area contributed by atoms with Crippen LogP contribution in [0.2, 0.25) is 0 Å². The number of nitrogens with one attached hydrogen (secondary N) is 1. The number of anilines is 1. The van der Waals surface area contributed by atoms with Gasteiger partial charge in [0.15, 0.2) is 0 Å². The van der Waals surface area contributed by atoms with E-state index in [0.717, 1.165) is 19.5 Å². The number of piperidine rings is 1. The van der Waals surface area contributed by atoms with Gasteiger partial charge in [-0.3, -0.25) is 4.79 Å². The molecule has 116 valence electrons. The Kier molecular flexibility index (Phi) is 5.87. The predicted molar refractivity (Wildman–Crippen MR) is 84.2 cm³/mol. The molecule has 0 radical (unpaired) electrons. The molecule has 1 fully saturated rings. The number of rotatable bonds is 6. The Bertz CT molecular complexity index is 465. The lowest BCUT2D eigenvalue weighted by Gasteiger charge is -2.32. The molecule has 1 aliphatic heterocycles. The number of likely N-dealkylation sites (tertiary alicyclic amines) is 1. The zero-order valence-electron chi connectivity index (χ0n) is 12.7. The third-order valence-electron chi connectivity index (χ3n) is 3.91. The SMILES string of the molecule is CN1CCCCC1CNC(=O)CCOc1cccc(N)c1. The van der Waals surface area contributed by atoms with Crippen LogP contribution in [0.4, 0.5) is 5.69 Å². The van der Waals surface area contributed by atoms with E-state index in [1.807, 2.05) is 12.1 Å². The van der Waals surface area contributed by atoms with Crippen LogP contribution in [-0.4, -0.2) is 43.6 Å². The summed E-state index contributed by atoms with van der Waals surface area (Å²) in [7, 11) is 2.12. The Balaban J connectivity index is 1.63. The highest BCUT2D eigenvalue weighted by Gasteiger charge is 2.19. The van der Waals surface area contributed by atoms with Crippen LogP contribution in [0.5, 0.6) is 5.75 Å². The molecule has 1 atom stereocenters. The van der Waals surface area contributed by atoms with Gasteiger partial charge in [-0.2, -0.15) is 0 Å². The Morgan fingerprint density at radius 1 is 1.48 bits per heavy atom. The number of nitrogens with zero attached hydrogens (tertiary/aromatic N) is 1. The minimum Gasteiger partial charge on any atom is -0.493 e. The second-order valence-electron chi connectivity index (χ2n) is 5.61. The fraction of sp³-hybridized carbons (Fsp3) is 0.562. The molecule has 0 saturated carbocycles. The van der Waals surface area contributed by atoms with Crippen LogP contribution >= 0.6 is 0 Å². The van der Waals surface area contributed by atoms with E-state index < -0.39 is 0 Å². The van der Waals surface area contributed by atoms with Gasteiger partial charge in [0, 0.05) is 24.3 Å². The summed E-state index contributed by atoms with van der Waals surface area (Å²) < 4.78 is 5.52. The number of hydrogen-bond donors (Lipinski definition) is 2. The maximum atomic E-state index is 11.8. The first-order valence-electron chi connectivity index (χ1n) is 7.60. The molecule has 3 N–H and O–H groups in total. The lowest BCUT2D eigenvalue weighted by molar-refractivity contribution is -0.121. The van der Waals surface area contributed by atoms with Crippen molar-refractivity contribution >= 4 is 11.6 Å². The molecule has 1 heterocycles. The van der Waals surface area contributed by atoms with Crippen molar-refractivity contribution in [2.45, 2.75) is 31.7 Å². The number of likely N-dealkylation sites (N-methyl/N-ethyl adjacent to an activating group) is 1. The molecule has 1 aromatic carbocycles. The number of hydrogen-bond acceptors (Lipinski definition) is 4. The third-order valence-corrected chi connectivity index (χ3v) is 3.91. The number of carbonyl (C=O) groups is 1. The summed E-state index contributed by atoms with van der Waals surface area (Å²) in [5, 5.41) is 3.00. The highest BCUT2D eigenvalue weighted by molar-refractivity contribution is 5.76. The Morgan fingerprint density at radius 2 is 2.33 bits per heavy atom. The summed E-state index contributed by atoms with van der Waals surface area (Å²) in [5.41, 5.74) is 6.33. The Labute approximate surface area is 126 Å². The molecule has 0 aromatic heterocycles. The van der Waals surface area contributed by atoms with Crippen LogP contribution in [0.1, 0.15) is 25.7 Å². The van der Waals surface area contributed by atoms with Crippen molar-refractivity contribution in [3.63, 3.8) is 0 Å². The molecule has 1 aromatic rings. The number of ether oxygens (including phenoxy) is 1. The molecule has 0 bridgehead atoms. The second kappa shape index (κ2) is 7.88. The van der Waals surface area contributed by atoms with Gasteiger partial charge in [-0.25, -0.2) is 0 Å². The topological polar surface area (TPSA) is 67.6 Å². The third kappa shape index (κ3) is 5.27. The predicted octanol–water partition coefficient (Wildman–Crippen LogP) is 1.64. The lowest BCUT2D eigenvalue weighted by Crippen LogP contribution is -2.44. The molecule has 2 rings (SSSR count). The smallest absolute Gasteiger partial charge is 0.223 e. The van der Waals surface area contributed by atoms with Crippen molar-refractivity contribution in [3.8, 4) is 5.75 Å². The summed E-state index contributed by atoms with van der Waals surface area (Å²) in [5.74, 6) is 0.743. The molecule has 1 amide bonds. The molecule has 21 heavy (non-hydrogen) atoms. The van der Waals surface area contributed by atoms with E-state index in [0.29, 0.717) is 30.5 Å². The lowest BCUT2D eigenvalue weighted by atomic mass is 10.0. The minimum atomic E-state index is 0.0397. The van der Waals surface area contributed by atoms with Gasteiger partial charge in [0.05, 0.1) is 13.0 Å². The molecule has 0 aliphatic carbocycles. The Morgan fingerprint density at radius 3 is 3.10 bits per heavy atom. The molecule has 5 nitrogen and oxygen atoms in total. The molecule has 0 spiro atoms. The number of amides is 1. The van der Waals surface area contributed by atoms with Gasteiger partial charge >= 0.3 is 0 Å². The largest absolute Gasteiger partial charge is 0.493 e. The average Bonchev–Trinajstić information content (AvgIpc) is 2.46. The van der Waals surface area contributed by atoms with Crippen LogP contribution in [0.15, 0.2) is 24.3 Å². The summed E-state index contributed by atoms with van der Waals surface area (Å²) in [4.78, 5) is 14.1. The first-order valence-corrected chi connectivity index (χ1v) is 7.60. The van der Waals surface area contributed by atoms with Gasteiger partial charge in [-0.1, -0.05) is 12.5 Å². The maximum absolute atomic E-state index is 11.8. The number of nitrogens with two attached hydrogens (primary N) is 1. The van der Waals surface area contributed by atoms with Gasteiger partial charge in [0.1, 0.15) is 5.75 Å². The quantitative estimate of drug-likeness (QED) is 0.782. The summed E-state index contributed by atoms with van der Waals surface area (Å²) >= 11 is 0. The van der Waals surface area contributed by atoms with E-state index in [9.17, 15) is 4.79 Å². The van der Waals surface area contributed by atoms with Gasteiger partial charge in [-0.05, 0) is 38.6 Å². The zero-order chi connectivity index (χ0) is 15.1. The van der Waals surface area contributed by atoms with E-state index in [-0.39, 0.29) is 5.91 Å². The Hall–Kier alpha value is -1.75. The van der Waals surface area contributed by atoms with Crippen molar-refractivity contribution in [1.82, 2.24) is 10.2 Å². The van der Waals surface area contributed by atoms with Crippen LogP contribution in [-0.2, 0) is 4.79 Å². The first kappa shape index (κ1) is 15.6. The highest BCUT2D eigenvalue weighted by atomic mass is 16.5. The van der Waals surface area contributed by atoms with Crippen molar-refractivity contribution in [3.05, 3.63) is 24.3 Å². The van der Waals surface area contributed by atoms with Crippen molar-refractivity contribution in [2.24, 2.45) is 0 Å². The molecule has 1 saturated heterocycles. The van der Waals surface area contributed by atoms with E-state index in [2.05, 4.69) is 17.3 Å². The van der Waals surface area contributed by atoms with Crippen LogP contribution in [0, 0.1) is 0 Å².